The van der Waals surface area contributed by atoms with E-state index in [4.69, 9.17) is 19.2 Å². The Morgan fingerprint density at radius 1 is 1.09 bits per heavy atom. The number of nitrogens with one attached hydrogen (secondary N) is 2. The van der Waals surface area contributed by atoms with Gasteiger partial charge in [0.05, 0.1) is 19.3 Å². The first kappa shape index (κ1) is 21.8. The number of aromatic nitrogens is 2. The van der Waals surface area contributed by atoms with Crippen LogP contribution in [-0.4, -0.2) is 59.4 Å². The van der Waals surface area contributed by atoms with Crippen LogP contribution in [-0.2, 0) is 14.2 Å². The monoisotopic (exact) mass is 452 g/mol. The number of carbonyl (C=O) groups is 2. The van der Waals surface area contributed by atoms with E-state index in [1.807, 2.05) is 6.07 Å². The van der Waals surface area contributed by atoms with E-state index in [0.29, 0.717) is 29.7 Å². The number of anilines is 2. The first-order chi connectivity index (χ1) is 16.1. The van der Waals surface area contributed by atoms with Crippen LogP contribution < -0.4 is 10.6 Å². The van der Waals surface area contributed by atoms with Gasteiger partial charge >= 0.3 is 6.09 Å². The van der Waals surface area contributed by atoms with E-state index in [0.717, 1.165) is 5.69 Å². The lowest BCUT2D eigenvalue weighted by molar-refractivity contribution is 0.00916. The van der Waals surface area contributed by atoms with E-state index < -0.39 is 12.2 Å². The van der Waals surface area contributed by atoms with Crippen LogP contribution in [0.25, 0.3) is 0 Å². The maximum Gasteiger partial charge on any atom is 0.412 e. The molecule has 0 unspecified atom stereocenters. The van der Waals surface area contributed by atoms with Crippen LogP contribution in [0.1, 0.15) is 54.6 Å². The maximum absolute atomic E-state index is 12.4. The van der Waals surface area contributed by atoms with Gasteiger partial charge in [-0.15, -0.1) is 0 Å². The predicted octanol–water partition coefficient (Wildman–Crippen LogP) is 3.53. The summed E-state index contributed by atoms with van der Waals surface area (Å²) < 4.78 is 17.4. The topological polar surface area (TPSA) is 112 Å². The molecule has 9 heteroatoms. The average molecular weight is 453 g/mol. The zero-order chi connectivity index (χ0) is 22.8. The molecule has 0 bridgehead atoms. The Morgan fingerprint density at radius 2 is 1.91 bits per heavy atom. The molecule has 174 valence electrons. The van der Waals surface area contributed by atoms with Crippen LogP contribution in [0.4, 0.5) is 16.4 Å². The molecule has 2 aromatic rings. The minimum Gasteiger partial charge on any atom is -0.441 e. The molecular formula is C24H28N4O5. The van der Waals surface area contributed by atoms with Gasteiger partial charge in [0, 0.05) is 29.1 Å². The minimum atomic E-state index is -0.613. The molecular weight excluding hydrogens is 424 g/mol. The van der Waals surface area contributed by atoms with E-state index in [9.17, 15) is 9.59 Å². The fourth-order valence-corrected chi connectivity index (χ4v) is 4.85. The molecule has 2 saturated heterocycles. The highest BCUT2D eigenvalue weighted by molar-refractivity contribution is 5.96. The Kier molecular flexibility index (Phi) is 6.24. The molecule has 0 radical (unpaired) electrons. The lowest BCUT2D eigenvalue weighted by atomic mass is 10.0. The second kappa shape index (κ2) is 9.44. The first-order valence-corrected chi connectivity index (χ1v) is 11.5. The van der Waals surface area contributed by atoms with Crippen molar-refractivity contribution in [3.8, 4) is 0 Å². The molecule has 1 aromatic carbocycles. The molecule has 4 atom stereocenters. The van der Waals surface area contributed by atoms with Gasteiger partial charge in [-0.05, 0) is 38.0 Å². The number of ether oxygens (including phenoxy) is 3. The Hall–Kier alpha value is -3.04. The third-order valence-corrected chi connectivity index (χ3v) is 6.55. The van der Waals surface area contributed by atoms with Gasteiger partial charge in [0.2, 0.25) is 5.95 Å². The minimum absolute atomic E-state index is 0.0743. The van der Waals surface area contributed by atoms with Gasteiger partial charge in [0.25, 0.3) is 0 Å². The fraction of sp³-hybridized carbons (Fsp3) is 0.500. The van der Waals surface area contributed by atoms with E-state index in [-0.39, 0.29) is 30.6 Å². The number of ketones is 1. The van der Waals surface area contributed by atoms with Gasteiger partial charge < -0.3 is 19.5 Å². The maximum atomic E-state index is 12.4. The molecule has 1 saturated carbocycles. The zero-order valence-corrected chi connectivity index (χ0v) is 18.5. The number of rotatable bonds is 6. The van der Waals surface area contributed by atoms with Gasteiger partial charge in [0.15, 0.2) is 11.9 Å². The van der Waals surface area contributed by atoms with Crippen molar-refractivity contribution in [3.63, 3.8) is 0 Å². The number of Topliss-reactive ketones (excluding diaryl/α,β-unsaturated/α-hetero) is 1. The van der Waals surface area contributed by atoms with Crippen molar-refractivity contribution in [2.24, 2.45) is 0 Å². The van der Waals surface area contributed by atoms with Crippen molar-refractivity contribution in [3.05, 3.63) is 47.8 Å². The molecule has 1 amide bonds. The molecule has 33 heavy (non-hydrogen) atoms. The van der Waals surface area contributed by atoms with Gasteiger partial charge in [-0.2, -0.15) is 0 Å². The summed E-state index contributed by atoms with van der Waals surface area (Å²) in [5.74, 6) is 1.01. The van der Waals surface area contributed by atoms with Crippen LogP contribution in [0.3, 0.4) is 0 Å². The fourth-order valence-electron chi connectivity index (χ4n) is 4.85. The van der Waals surface area contributed by atoms with Crippen molar-refractivity contribution in [2.45, 2.75) is 62.9 Å². The average Bonchev–Trinajstić information content (AvgIpc) is 3.55. The normalized spacial score (nSPS) is 26.7. The molecule has 3 aliphatic rings. The highest BCUT2D eigenvalue weighted by atomic mass is 16.6. The van der Waals surface area contributed by atoms with Crippen LogP contribution in [0.2, 0.25) is 0 Å². The molecule has 9 nitrogen and oxygen atoms in total. The standard InChI is InChI=1S/C24H28N4O5/c1-14(29)16-7-4-8-17(11-16)26-24(30)33-20-13-32-21-19(12-31-22(20)21)28-23-25-10-9-18(27-23)15-5-2-3-6-15/h4,7-11,15,19-22H,2-3,5-6,12-13H2,1H3,(H,26,30)(H,25,27,28)/t19-,20+,21+,22+/m0/s1. The smallest absolute Gasteiger partial charge is 0.412 e. The number of amides is 1. The predicted molar refractivity (Wildman–Crippen MR) is 120 cm³/mol. The van der Waals surface area contributed by atoms with E-state index >= 15 is 0 Å². The highest BCUT2D eigenvalue weighted by Gasteiger charge is 2.49. The third-order valence-electron chi connectivity index (χ3n) is 6.55. The van der Waals surface area contributed by atoms with Crippen molar-refractivity contribution in [1.82, 2.24) is 9.97 Å². The second-order valence-electron chi connectivity index (χ2n) is 8.84. The molecule has 5 rings (SSSR count). The summed E-state index contributed by atoms with van der Waals surface area (Å²) in [6, 6.07) is 8.59. The van der Waals surface area contributed by atoms with Gasteiger partial charge in [-0.3, -0.25) is 10.1 Å². The van der Waals surface area contributed by atoms with Crippen molar-refractivity contribution >= 4 is 23.5 Å². The van der Waals surface area contributed by atoms with Crippen LogP contribution in [0.5, 0.6) is 0 Å². The molecule has 3 fully saturated rings. The van der Waals surface area contributed by atoms with Crippen molar-refractivity contribution in [1.29, 1.82) is 0 Å². The number of hydrogen-bond acceptors (Lipinski definition) is 8. The Balaban J connectivity index is 1.17. The largest absolute Gasteiger partial charge is 0.441 e. The van der Waals surface area contributed by atoms with Crippen LogP contribution >= 0.6 is 0 Å². The van der Waals surface area contributed by atoms with E-state index in [1.165, 1.54) is 32.6 Å². The zero-order valence-electron chi connectivity index (χ0n) is 18.5. The quantitative estimate of drug-likeness (QED) is 0.640. The second-order valence-corrected chi connectivity index (χ2v) is 8.84. The first-order valence-electron chi connectivity index (χ1n) is 11.5. The van der Waals surface area contributed by atoms with Crippen LogP contribution in [0.15, 0.2) is 36.5 Å². The van der Waals surface area contributed by atoms with Gasteiger partial charge in [-0.1, -0.05) is 25.0 Å². The third kappa shape index (κ3) is 4.84. The number of carbonyl (C=O) groups excluding carboxylic acids is 2. The summed E-state index contributed by atoms with van der Waals surface area (Å²) in [5.41, 5.74) is 2.10. The number of hydrogen-bond donors (Lipinski definition) is 2. The van der Waals surface area contributed by atoms with Gasteiger partial charge in [-0.25, -0.2) is 14.8 Å². The van der Waals surface area contributed by atoms with E-state index in [1.54, 1.807) is 30.5 Å². The highest BCUT2D eigenvalue weighted by Crippen LogP contribution is 2.34. The lowest BCUT2D eigenvalue weighted by Crippen LogP contribution is -2.38. The summed E-state index contributed by atoms with van der Waals surface area (Å²) in [7, 11) is 0. The summed E-state index contributed by atoms with van der Waals surface area (Å²) in [6.07, 6.45) is 4.89. The lowest BCUT2D eigenvalue weighted by Gasteiger charge is -2.18. The van der Waals surface area contributed by atoms with E-state index in [2.05, 4.69) is 15.6 Å². The van der Waals surface area contributed by atoms with Crippen molar-refractivity contribution in [2.75, 3.05) is 23.8 Å². The van der Waals surface area contributed by atoms with Gasteiger partial charge in [0.1, 0.15) is 12.2 Å². The molecule has 2 aliphatic heterocycles. The summed E-state index contributed by atoms with van der Waals surface area (Å²) in [6.45, 7) is 2.14. The summed E-state index contributed by atoms with van der Waals surface area (Å²) in [5, 5.41) is 6.01. The molecule has 2 N–H and O–H groups in total. The summed E-state index contributed by atoms with van der Waals surface area (Å²) >= 11 is 0. The molecule has 3 heterocycles. The molecule has 0 spiro atoms. The van der Waals surface area contributed by atoms with Crippen molar-refractivity contribution < 1.29 is 23.8 Å². The molecule has 1 aliphatic carbocycles. The Morgan fingerprint density at radius 3 is 2.73 bits per heavy atom. The van der Waals surface area contributed by atoms with Crippen LogP contribution in [0, 0.1) is 0 Å². The Bertz CT molecular complexity index is 1030. The molecule has 1 aromatic heterocycles. The Labute approximate surface area is 192 Å². The summed E-state index contributed by atoms with van der Waals surface area (Å²) in [4.78, 5) is 33.0. The SMILES string of the molecule is CC(=O)c1cccc(NC(=O)O[C@@H]2CO[C@H]3[C@@H]2OC[C@@H]3Nc2nccc(C3CCCC3)n2)c1. The number of nitrogens with zero attached hydrogens (tertiary/aromatic N) is 2. The number of benzene rings is 1. The number of fused-ring (bicyclic) bond motifs is 1.